The third-order valence-corrected chi connectivity index (χ3v) is 4.53. The van der Waals surface area contributed by atoms with Gasteiger partial charge in [0.1, 0.15) is 11.5 Å². The van der Waals surface area contributed by atoms with Gasteiger partial charge in [-0.05, 0) is 49.4 Å². The highest BCUT2D eigenvalue weighted by atomic mass is 19.1. The van der Waals surface area contributed by atoms with Crippen LogP contribution in [0.15, 0.2) is 66.7 Å². The number of hydrogen-bond donors (Lipinski definition) is 0. The SMILES string of the molecule is Cc1ccc(C(=O)N(C)c2ccc(OC(=O)COc3ccc([N+](=O)[O-])c(F)c3)cc2)cc1. The Hall–Kier alpha value is -4.27. The second kappa shape index (κ2) is 9.69. The van der Waals surface area contributed by atoms with E-state index in [4.69, 9.17) is 9.47 Å². The lowest BCUT2D eigenvalue weighted by molar-refractivity contribution is -0.387. The number of benzene rings is 3. The first-order valence-electron chi connectivity index (χ1n) is 9.47. The molecule has 8 nitrogen and oxygen atoms in total. The van der Waals surface area contributed by atoms with Crippen molar-refractivity contribution in [3.05, 3.63) is 93.8 Å². The number of halogens is 1. The Labute approximate surface area is 182 Å². The second-order valence-electron chi connectivity index (χ2n) is 6.86. The van der Waals surface area contributed by atoms with Crippen LogP contribution in [0, 0.1) is 22.9 Å². The predicted octanol–water partition coefficient (Wildman–Crippen LogP) is 4.30. The average molecular weight is 438 g/mol. The van der Waals surface area contributed by atoms with Crippen molar-refractivity contribution >= 4 is 23.3 Å². The first kappa shape index (κ1) is 22.4. The maximum Gasteiger partial charge on any atom is 0.349 e. The summed E-state index contributed by atoms with van der Waals surface area (Å²) in [6.45, 7) is 1.41. The zero-order valence-corrected chi connectivity index (χ0v) is 17.3. The van der Waals surface area contributed by atoms with Crippen molar-refractivity contribution in [3.8, 4) is 11.5 Å². The van der Waals surface area contributed by atoms with E-state index in [0.717, 1.165) is 17.7 Å². The number of nitrogens with zero attached hydrogens (tertiary/aromatic N) is 2. The first-order chi connectivity index (χ1) is 15.2. The Morgan fingerprint density at radius 2 is 1.62 bits per heavy atom. The molecule has 9 heteroatoms. The highest BCUT2D eigenvalue weighted by Gasteiger charge is 2.16. The Morgan fingerprint density at radius 3 is 2.22 bits per heavy atom. The van der Waals surface area contributed by atoms with E-state index < -0.39 is 29.0 Å². The summed E-state index contributed by atoms with van der Waals surface area (Å²) in [6.07, 6.45) is 0. The molecule has 0 heterocycles. The Bertz CT molecular complexity index is 1150. The summed E-state index contributed by atoms with van der Waals surface area (Å²) in [5, 5.41) is 10.6. The number of esters is 1. The zero-order chi connectivity index (χ0) is 23.3. The molecule has 0 N–H and O–H groups in total. The number of anilines is 1. The number of nitro benzene ring substituents is 1. The number of amides is 1. The summed E-state index contributed by atoms with van der Waals surface area (Å²) in [4.78, 5) is 35.8. The van der Waals surface area contributed by atoms with Crippen LogP contribution in [0.4, 0.5) is 15.8 Å². The summed E-state index contributed by atoms with van der Waals surface area (Å²) < 4.78 is 23.9. The smallest absolute Gasteiger partial charge is 0.349 e. The van der Waals surface area contributed by atoms with Gasteiger partial charge in [-0.3, -0.25) is 14.9 Å². The Balaban J connectivity index is 1.56. The quantitative estimate of drug-likeness (QED) is 0.236. The molecular weight excluding hydrogens is 419 g/mol. The van der Waals surface area contributed by atoms with Gasteiger partial charge in [0.2, 0.25) is 5.82 Å². The first-order valence-corrected chi connectivity index (χ1v) is 9.47. The van der Waals surface area contributed by atoms with Crippen molar-refractivity contribution in [2.45, 2.75) is 6.92 Å². The average Bonchev–Trinajstić information content (AvgIpc) is 2.77. The summed E-state index contributed by atoms with van der Waals surface area (Å²) >= 11 is 0. The van der Waals surface area contributed by atoms with Crippen LogP contribution in [0.3, 0.4) is 0 Å². The van der Waals surface area contributed by atoms with E-state index >= 15 is 0 Å². The molecule has 3 aromatic rings. The van der Waals surface area contributed by atoms with Gasteiger partial charge in [-0.25, -0.2) is 4.79 Å². The number of ether oxygens (including phenoxy) is 2. The van der Waals surface area contributed by atoms with Crippen LogP contribution in [0.5, 0.6) is 11.5 Å². The number of hydrogen-bond acceptors (Lipinski definition) is 6. The molecule has 0 aliphatic carbocycles. The molecule has 0 aliphatic heterocycles. The lowest BCUT2D eigenvalue weighted by atomic mass is 10.1. The van der Waals surface area contributed by atoms with E-state index in [2.05, 4.69) is 0 Å². The number of aryl methyl sites for hydroxylation is 1. The second-order valence-corrected chi connectivity index (χ2v) is 6.86. The lowest BCUT2D eigenvalue weighted by Crippen LogP contribution is -2.26. The van der Waals surface area contributed by atoms with Crippen LogP contribution in [-0.4, -0.2) is 30.5 Å². The normalized spacial score (nSPS) is 10.3. The van der Waals surface area contributed by atoms with Crippen LogP contribution in [-0.2, 0) is 4.79 Å². The molecule has 0 aliphatic rings. The maximum atomic E-state index is 13.6. The summed E-state index contributed by atoms with van der Waals surface area (Å²) in [5.41, 5.74) is 1.52. The van der Waals surface area contributed by atoms with Gasteiger partial charge in [0.25, 0.3) is 5.91 Å². The third kappa shape index (κ3) is 5.45. The third-order valence-electron chi connectivity index (χ3n) is 4.53. The maximum absolute atomic E-state index is 13.6. The van der Waals surface area contributed by atoms with Gasteiger partial charge in [0.05, 0.1) is 4.92 Å². The Morgan fingerprint density at radius 1 is 1.00 bits per heavy atom. The van der Waals surface area contributed by atoms with Gasteiger partial charge in [-0.1, -0.05) is 17.7 Å². The molecule has 0 bridgehead atoms. The fourth-order valence-electron chi connectivity index (χ4n) is 2.77. The topological polar surface area (TPSA) is 99.0 Å². The monoisotopic (exact) mass is 438 g/mol. The van der Waals surface area contributed by atoms with Crippen LogP contribution in [0.2, 0.25) is 0 Å². The summed E-state index contributed by atoms with van der Waals surface area (Å²) in [6, 6.07) is 16.5. The molecule has 0 spiro atoms. The largest absolute Gasteiger partial charge is 0.482 e. The van der Waals surface area contributed by atoms with Crippen LogP contribution in [0.1, 0.15) is 15.9 Å². The van der Waals surface area contributed by atoms with Gasteiger partial charge in [0.15, 0.2) is 6.61 Å². The molecule has 3 rings (SSSR count). The van der Waals surface area contributed by atoms with Gasteiger partial charge in [-0.15, -0.1) is 0 Å². The number of carbonyl (C=O) groups is 2. The molecule has 1 amide bonds. The van der Waals surface area contributed by atoms with Crippen molar-refractivity contribution in [3.63, 3.8) is 0 Å². The molecule has 164 valence electrons. The minimum atomic E-state index is -1.07. The number of carbonyl (C=O) groups excluding carboxylic acids is 2. The van der Waals surface area contributed by atoms with E-state index in [1.165, 1.54) is 23.1 Å². The summed E-state index contributed by atoms with van der Waals surface area (Å²) in [7, 11) is 1.64. The lowest BCUT2D eigenvalue weighted by Gasteiger charge is -2.18. The fraction of sp³-hybridized carbons (Fsp3) is 0.130. The molecule has 0 radical (unpaired) electrons. The van der Waals surface area contributed by atoms with Crippen LogP contribution in [0.25, 0.3) is 0 Å². The van der Waals surface area contributed by atoms with Crippen LogP contribution < -0.4 is 14.4 Å². The number of rotatable bonds is 7. The van der Waals surface area contributed by atoms with Crippen molar-refractivity contribution < 1.29 is 28.4 Å². The van der Waals surface area contributed by atoms with E-state index in [-0.39, 0.29) is 17.4 Å². The van der Waals surface area contributed by atoms with Crippen LogP contribution >= 0.6 is 0 Å². The molecule has 3 aromatic carbocycles. The molecule has 0 fully saturated rings. The summed E-state index contributed by atoms with van der Waals surface area (Å²) in [5.74, 6) is -1.81. The zero-order valence-electron chi connectivity index (χ0n) is 17.3. The van der Waals surface area contributed by atoms with E-state index in [0.29, 0.717) is 11.3 Å². The molecule has 32 heavy (non-hydrogen) atoms. The minimum Gasteiger partial charge on any atom is -0.482 e. The van der Waals surface area contributed by atoms with Crippen molar-refractivity contribution in [2.75, 3.05) is 18.6 Å². The molecular formula is C23H19FN2O6. The molecule has 0 saturated carbocycles. The molecule has 0 unspecified atom stereocenters. The minimum absolute atomic E-state index is 0.0448. The van der Waals surface area contributed by atoms with Crippen molar-refractivity contribution in [2.24, 2.45) is 0 Å². The van der Waals surface area contributed by atoms with Gasteiger partial charge in [-0.2, -0.15) is 4.39 Å². The predicted molar refractivity (Wildman–Crippen MR) is 115 cm³/mol. The van der Waals surface area contributed by atoms with Gasteiger partial charge >= 0.3 is 11.7 Å². The van der Waals surface area contributed by atoms with E-state index in [9.17, 15) is 24.1 Å². The number of nitro groups is 1. The molecule has 0 atom stereocenters. The van der Waals surface area contributed by atoms with Gasteiger partial charge < -0.3 is 14.4 Å². The van der Waals surface area contributed by atoms with Crippen molar-refractivity contribution in [1.29, 1.82) is 0 Å². The fourth-order valence-corrected chi connectivity index (χ4v) is 2.77. The van der Waals surface area contributed by atoms with E-state index in [1.807, 2.05) is 19.1 Å². The standard InChI is InChI=1S/C23H19FN2O6/c1-15-3-5-16(6-4-15)23(28)25(2)17-7-9-18(10-8-17)32-22(27)14-31-19-11-12-21(26(29)30)20(24)13-19/h3-13H,14H2,1-2H3. The van der Waals surface area contributed by atoms with Crippen molar-refractivity contribution in [1.82, 2.24) is 0 Å². The highest BCUT2D eigenvalue weighted by molar-refractivity contribution is 6.05. The molecule has 0 aromatic heterocycles. The Kier molecular flexibility index (Phi) is 6.79. The van der Waals surface area contributed by atoms with E-state index in [1.54, 1.807) is 31.3 Å². The highest BCUT2D eigenvalue weighted by Crippen LogP contribution is 2.23. The molecule has 0 saturated heterocycles. The van der Waals surface area contributed by atoms with Gasteiger partial charge in [0, 0.05) is 30.4 Å².